The molecular weight excluding hydrogens is 372 g/mol. The third-order valence-corrected chi connectivity index (χ3v) is 6.16. The molecule has 2 aromatic heterocycles. The third kappa shape index (κ3) is 3.13. The van der Waals surface area contributed by atoms with Crippen molar-refractivity contribution in [2.45, 2.75) is 46.8 Å². The highest BCUT2D eigenvalue weighted by Crippen LogP contribution is 2.30. The van der Waals surface area contributed by atoms with E-state index in [1.807, 2.05) is 11.6 Å². The molecule has 6 nitrogen and oxygen atoms in total. The number of aryl methyl sites for hydroxylation is 2. The number of hydrogen-bond acceptors (Lipinski definition) is 5. The first-order valence-corrected chi connectivity index (χ1v) is 10.4. The number of hydrogen-bond donors (Lipinski definition) is 2. The molecule has 0 unspecified atom stereocenters. The molecule has 0 aliphatic carbocycles. The van der Waals surface area contributed by atoms with Crippen LogP contribution >= 0.6 is 0 Å². The summed E-state index contributed by atoms with van der Waals surface area (Å²) in [5, 5.41) is 22.7. The van der Waals surface area contributed by atoms with Gasteiger partial charge in [-0.3, -0.25) is 0 Å². The predicted octanol–water partition coefficient (Wildman–Crippen LogP) is 4.52. The van der Waals surface area contributed by atoms with Crippen molar-refractivity contribution < 1.29 is 0 Å². The summed E-state index contributed by atoms with van der Waals surface area (Å²) in [4.78, 5) is 0. The molecule has 4 aromatic rings. The Labute approximate surface area is 176 Å². The van der Waals surface area contributed by atoms with Gasteiger partial charge in [-0.05, 0) is 56.5 Å². The average Bonchev–Trinajstić information content (AvgIpc) is 3.34. The van der Waals surface area contributed by atoms with Gasteiger partial charge in [0.1, 0.15) is 0 Å². The summed E-state index contributed by atoms with van der Waals surface area (Å²) in [5.41, 5.74) is 8.23. The molecule has 3 heterocycles. The number of anilines is 1. The largest absolute Gasteiger partial charge is 0.362 e. The van der Waals surface area contributed by atoms with Crippen LogP contribution in [0.3, 0.4) is 0 Å². The zero-order valence-electron chi connectivity index (χ0n) is 17.8. The first kappa shape index (κ1) is 18.8. The van der Waals surface area contributed by atoms with Crippen LogP contribution in [0.5, 0.6) is 0 Å². The van der Waals surface area contributed by atoms with Crippen molar-refractivity contribution in [3.05, 3.63) is 76.2 Å². The number of nitrogens with zero attached hydrogens (tertiary/aromatic N) is 4. The minimum absolute atomic E-state index is 0.119. The Morgan fingerprint density at radius 3 is 2.73 bits per heavy atom. The van der Waals surface area contributed by atoms with E-state index >= 15 is 0 Å². The maximum Gasteiger partial charge on any atom is 0.157 e. The second kappa shape index (κ2) is 7.22. The van der Waals surface area contributed by atoms with Crippen LogP contribution in [0.2, 0.25) is 0 Å². The molecule has 0 radical (unpaired) electrons. The highest BCUT2D eigenvalue weighted by Gasteiger charge is 2.17. The third-order valence-electron chi connectivity index (χ3n) is 6.16. The van der Waals surface area contributed by atoms with Crippen LogP contribution in [0.15, 0.2) is 42.6 Å². The first-order chi connectivity index (χ1) is 14.5. The quantitative estimate of drug-likeness (QED) is 0.529. The molecule has 6 heteroatoms. The van der Waals surface area contributed by atoms with Crippen molar-refractivity contribution in [1.82, 2.24) is 25.3 Å². The molecule has 0 amide bonds. The molecule has 0 spiro atoms. The van der Waals surface area contributed by atoms with E-state index in [0.29, 0.717) is 0 Å². The highest BCUT2D eigenvalue weighted by atomic mass is 15.3. The smallest absolute Gasteiger partial charge is 0.157 e. The topological polar surface area (TPSA) is 67.7 Å². The van der Waals surface area contributed by atoms with Crippen molar-refractivity contribution in [3.63, 3.8) is 0 Å². The number of benzene rings is 2. The Balaban J connectivity index is 1.56. The first-order valence-electron chi connectivity index (χ1n) is 10.4. The van der Waals surface area contributed by atoms with Crippen molar-refractivity contribution in [3.8, 4) is 5.69 Å². The Morgan fingerprint density at radius 2 is 1.90 bits per heavy atom. The molecule has 0 bridgehead atoms. The molecule has 1 aliphatic rings. The van der Waals surface area contributed by atoms with E-state index in [2.05, 4.69) is 84.2 Å². The zero-order valence-corrected chi connectivity index (χ0v) is 17.8. The molecule has 30 heavy (non-hydrogen) atoms. The van der Waals surface area contributed by atoms with E-state index in [4.69, 9.17) is 5.10 Å². The zero-order chi connectivity index (χ0) is 20.8. The van der Waals surface area contributed by atoms with Gasteiger partial charge in [0.2, 0.25) is 0 Å². The lowest BCUT2D eigenvalue weighted by molar-refractivity contribution is 0.721. The summed E-state index contributed by atoms with van der Waals surface area (Å²) in [6, 6.07) is 12.9. The SMILES string of the molecule is Cc1cccc([C@@H](C)Nc2nnc(C)c3ccc(-n4cc5c(n4)CNC5)cc23)c1C. The summed E-state index contributed by atoms with van der Waals surface area (Å²) in [7, 11) is 0. The molecule has 5 rings (SSSR count). The van der Waals surface area contributed by atoms with E-state index in [0.717, 1.165) is 46.8 Å². The maximum atomic E-state index is 4.75. The normalized spacial score (nSPS) is 14.1. The number of aromatic nitrogens is 4. The fourth-order valence-corrected chi connectivity index (χ4v) is 4.24. The monoisotopic (exact) mass is 398 g/mol. The fraction of sp³-hybridized carbons (Fsp3) is 0.292. The van der Waals surface area contributed by atoms with Crippen LogP contribution in [-0.2, 0) is 13.1 Å². The lowest BCUT2D eigenvalue weighted by Crippen LogP contribution is -2.11. The average molecular weight is 399 g/mol. The lowest BCUT2D eigenvalue weighted by atomic mass is 9.98. The minimum atomic E-state index is 0.119. The van der Waals surface area contributed by atoms with Crippen molar-refractivity contribution in [2.75, 3.05) is 5.32 Å². The molecule has 152 valence electrons. The van der Waals surface area contributed by atoms with E-state index in [1.165, 1.54) is 22.3 Å². The van der Waals surface area contributed by atoms with Crippen LogP contribution in [0, 0.1) is 20.8 Å². The van der Waals surface area contributed by atoms with Gasteiger partial charge in [0.05, 0.1) is 23.1 Å². The summed E-state index contributed by atoms with van der Waals surface area (Å²) >= 11 is 0. The fourth-order valence-electron chi connectivity index (χ4n) is 4.24. The minimum Gasteiger partial charge on any atom is -0.362 e. The van der Waals surface area contributed by atoms with Crippen LogP contribution in [-0.4, -0.2) is 20.0 Å². The molecule has 0 fully saturated rings. The van der Waals surface area contributed by atoms with Crippen LogP contribution < -0.4 is 10.6 Å². The Hall–Kier alpha value is -3.25. The molecule has 2 aromatic carbocycles. The molecular formula is C24H26N6. The summed E-state index contributed by atoms with van der Waals surface area (Å²) in [6.07, 6.45) is 2.11. The van der Waals surface area contributed by atoms with Crippen molar-refractivity contribution in [1.29, 1.82) is 0 Å². The van der Waals surface area contributed by atoms with Crippen LogP contribution in [0.4, 0.5) is 5.82 Å². The van der Waals surface area contributed by atoms with Crippen LogP contribution in [0.1, 0.15) is 46.6 Å². The van der Waals surface area contributed by atoms with Crippen molar-refractivity contribution in [2.24, 2.45) is 0 Å². The van der Waals surface area contributed by atoms with Gasteiger partial charge in [-0.2, -0.15) is 10.2 Å². The van der Waals surface area contributed by atoms with Crippen LogP contribution in [0.25, 0.3) is 16.5 Å². The molecule has 1 atom stereocenters. The van der Waals surface area contributed by atoms with Crippen molar-refractivity contribution >= 4 is 16.6 Å². The van der Waals surface area contributed by atoms with Gasteiger partial charge in [-0.1, -0.05) is 24.3 Å². The predicted molar refractivity (Wildman–Crippen MR) is 120 cm³/mol. The van der Waals surface area contributed by atoms with Gasteiger partial charge in [-0.25, -0.2) is 4.68 Å². The Kier molecular flexibility index (Phi) is 4.51. The number of nitrogens with one attached hydrogen (secondary N) is 2. The van der Waals surface area contributed by atoms with E-state index in [1.54, 1.807) is 0 Å². The second-order valence-electron chi connectivity index (χ2n) is 8.17. The van der Waals surface area contributed by atoms with Gasteiger partial charge < -0.3 is 10.6 Å². The van der Waals surface area contributed by atoms with E-state index in [9.17, 15) is 0 Å². The van der Waals surface area contributed by atoms with Gasteiger partial charge in [-0.15, -0.1) is 5.10 Å². The summed E-state index contributed by atoms with van der Waals surface area (Å²) < 4.78 is 1.97. The summed E-state index contributed by atoms with van der Waals surface area (Å²) in [6.45, 7) is 10.2. The molecule has 0 saturated heterocycles. The standard InChI is InChI=1S/C24H26N6/c1-14-6-5-7-20(15(14)2)16(3)26-24-22-10-19(8-9-21(22)17(4)27-28-24)30-13-18-11-25-12-23(18)29-30/h5-10,13,16,25H,11-12H2,1-4H3,(H,26,28)/t16-/m1/s1. The molecule has 2 N–H and O–H groups in total. The van der Waals surface area contributed by atoms with Gasteiger partial charge in [0, 0.05) is 35.6 Å². The van der Waals surface area contributed by atoms with Gasteiger partial charge >= 0.3 is 0 Å². The number of rotatable bonds is 4. The van der Waals surface area contributed by atoms with Gasteiger partial charge in [0.15, 0.2) is 5.82 Å². The lowest BCUT2D eigenvalue weighted by Gasteiger charge is -2.19. The van der Waals surface area contributed by atoms with E-state index < -0.39 is 0 Å². The molecule has 0 saturated carbocycles. The maximum absolute atomic E-state index is 4.75. The molecule has 1 aliphatic heterocycles. The highest BCUT2D eigenvalue weighted by molar-refractivity contribution is 5.94. The number of fused-ring (bicyclic) bond motifs is 2. The summed E-state index contributed by atoms with van der Waals surface area (Å²) in [5.74, 6) is 0.798. The van der Waals surface area contributed by atoms with Gasteiger partial charge in [0.25, 0.3) is 0 Å². The Morgan fingerprint density at radius 1 is 1.03 bits per heavy atom. The van der Waals surface area contributed by atoms with E-state index in [-0.39, 0.29) is 6.04 Å². The second-order valence-corrected chi connectivity index (χ2v) is 8.17. The Bertz CT molecular complexity index is 1230.